The van der Waals surface area contributed by atoms with Crippen LogP contribution in [0.4, 0.5) is 5.95 Å². The van der Waals surface area contributed by atoms with Crippen molar-refractivity contribution in [3.63, 3.8) is 0 Å². The van der Waals surface area contributed by atoms with Crippen molar-refractivity contribution >= 4 is 32.7 Å². The smallest absolute Gasteiger partial charge is 0.339 e. The number of hydrogen-bond donors (Lipinski definition) is 2. The van der Waals surface area contributed by atoms with E-state index in [2.05, 4.69) is 33.3 Å². The van der Waals surface area contributed by atoms with E-state index in [9.17, 15) is 23.4 Å². The summed E-state index contributed by atoms with van der Waals surface area (Å²) >= 11 is 0. The van der Waals surface area contributed by atoms with Gasteiger partial charge in [-0.3, -0.25) is 0 Å². The van der Waals surface area contributed by atoms with E-state index >= 15 is 0 Å². The number of aryl methyl sites for hydroxylation is 1. The largest absolute Gasteiger partial charge is 0.478 e. The van der Waals surface area contributed by atoms with Crippen LogP contribution in [0.1, 0.15) is 47.2 Å². The van der Waals surface area contributed by atoms with E-state index in [0.717, 1.165) is 22.9 Å². The Bertz CT molecular complexity index is 1330. The molecule has 2 aromatic heterocycles. The summed E-state index contributed by atoms with van der Waals surface area (Å²) in [5.41, 5.74) is 2.66. The first kappa shape index (κ1) is 22.2. The minimum Gasteiger partial charge on any atom is -0.478 e. The third-order valence-electron chi connectivity index (χ3n) is 5.97. The number of fused-ring (bicyclic) bond motifs is 3. The number of carboxylic acid groups (broad SMARTS) is 1. The maximum absolute atomic E-state index is 12.3. The van der Waals surface area contributed by atoms with Crippen molar-refractivity contribution in [2.75, 3.05) is 17.7 Å². The van der Waals surface area contributed by atoms with Crippen molar-refractivity contribution < 1.29 is 23.4 Å². The van der Waals surface area contributed by atoms with Gasteiger partial charge in [-0.05, 0) is 36.6 Å². The lowest BCUT2D eigenvalue weighted by Gasteiger charge is -2.39. The first-order valence-electron chi connectivity index (χ1n) is 10.3. The molecular weight excluding hydrogens is 432 g/mol. The van der Waals surface area contributed by atoms with Crippen molar-refractivity contribution in [3.8, 4) is 0 Å². The van der Waals surface area contributed by atoms with Crippen molar-refractivity contribution in [3.05, 3.63) is 46.9 Å². The minimum absolute atomic E-state index is 0.0748. The molecule has 9 nitrogen and oxygen atoms in total. The minimum atomic E-state index is -3.49. The molecule has 0 aliphatic carbocycles. The fourth-order valence-corrected chi connectivity index (χ4v) is 5.48. The molecule has 1 aliphatic rings. The Hall–Kier alpha value is -2.98. The number of hydrogen-bond acceptors (Lipinski definition) is 7. The van der Waals surface area contributed by atoms with Crippen LogP contribution in [0, 0.1) is 12.8 Å². The molecule has 0 bridgehead atoms. The molecule has 0 saturated carbocycles. The van der Waals surface area contributed by atoms with Gasteiger partial charge >= 0.3 is 5.97 Å². The van der Waals surface area contributed by atoms with E-state index in [1.165, 1.54) is 6.20 Å². The molecule has 170 valence electrons. The van der Waals surface area contributed by atoms with Gasteiger partial charge in [0.15, 0.2) is 9.84 Å². The Morgan fingerprint density at radius 3 is 2.53 bits per heavy atom. The fourth-order valence-electron chi connectivity index (χ4n) is 4.56. The monoisotopic (exact) mass is 458 g/mol. The number of aromatic carboxylic acids is 1. The van der Waals surface area contributed by atoms with Crippen LogP contribution in [0.3, 0.4) is 0 Å². The highest BCUT2D eigenvalue weighted by atomic mass is 32.2. The third-order valence-corrected chi connectivity index (χ3v) is 7.15. The molecule has 32 heavy (non-hydrogen) atoms. The Kier molecular flexibility index (Phi) is 5.46. The van der Waals surface area contributed by atoms with Crippen LogP contribution in [0.25, 0.3) is 10.9 Å². The number of aliphatic hydroxyl groups is 1. The summed E-state index contributed by atoms with van der Waals surface area (Å²) < 4.78 is 26.7. The number of carbonyl (C=O) groups is 1. The number of nitrogens with zero attached hydrogens (tertiary/aromatic N) is 4. The lowest BCUT2D eigenvalue weighted by molar-refractivity contribution is 0.0695. The van der Waals surface area contributed by atoms with Crippen LogP contribution in [0.5, 0.6) is 0 Å². The normalized spacial score (nSPS) is 16.6. The number of aromatic nitrogens is 3. The fraction of sp³-hybridized carbons (Fsp3) is 0.409. The predicted molar refractivity (Wildman–Crippen MR) is 120 cm³/mol. The van der Waals surface area contributed by atoms with Gasteiger partial charge in [0.25, 0.3) is 0 Å². The van der Waals surface area contributed by atoms with Crippen molar-refractivity contribution in [1.29, 1.82) is 0 Å². The lowest BCUT2D eigenvalue weighted by atomic mass is 9.97. The van der Waals surface area contributed by atoms with Gasteiger partial charge in [-0.15, -0.1) is 0 Å². The van der Waals surface area contributed by atoms with Gasteiger partial charge in [0.1, 0.15) is 0 Å². The highest BCUT2D eigenvalue weighted by Crippen LogP contribution is 2.39. The maximum Gasteiger partial charge on any atom is 0.339 e. The molecular formula is C22H26N4O5S. The van der Waals surface area contributed by atoms with E-state index in [1.807, 2.05) is 6.07 Å². The SMILES string of the molecule is Cc1nc(N2CCn3c(cc4cc(CO)c(S(C)(=O)=O)cc43)C2C(C)C)ncc1C(=O)O. The van der Waals surface area contributed by atoms with Crippen LogP contribution in [-0.4, -0.2) is 51.9 Å². The van der Waals surface area contributed by atoms with Crippen LogP contribution in [-0.2, 0) is 23.0 Å². The molecule has 0 saturated heterocycles. The van der Waals surface area contributed by atoms with Gasteiger partial charge in [0.2, 0.25) is 5.95 Å². The Morgan fingerprint density at radius 1 is 1.25 bits per heavy atom. The zero-order valence-electron chi connectivity index (χ0n) is 18.4. The van der Waals surface area contributed by atoms with Gasteiger partial charge < -0.3 is 19.7 Å². The highest BCUT2D eigenvalue weighted by molar-refractivity contribution is 7.90. The molecule has 10 heteroatoms. The van der Waals surface area contributed by atoms with Crippen molar-refractivity contribution in [2.45, 2.75) is 44.9 Å². The number of carboxylic acids is 1. The Morgan fingerprint density at radius 2 is 1.97 bits per heavy atom. The summed E-state index contributed by atoms with van der Waals surface area (Å²) in [6, 6.07) is 5.32. The standard InChI is InChI=1S/C22H26N4O5S/c1-12(2)20-18-8-14-7-15(11-27)19(32(4,30)31)9-17(14)25(18)5-6-26(20)22-23-10-16(21(28)29)13(3)24-22/h7-10,12,20,27H,5-6,11H2,1-4H3,(H,28,29). The van der Waals surface area contributed by atoms with Crippen molar-refractivity contribution in [2.24, 2.45) is 5.92 Å². The van der Waals surface area contributed by atoms with Gasteiger partial charge in [-0.2, -0.15) is 0 Å². The van der Waals surface area contributed by atoms with E-state index < -0.39 is 15.8 Å². The third kappa shape index (κ3) is 3.63. The molecule has 1 unspecified atom stereocenters. The summed E-state index contributed by atoms with van der Waals surface area (Å²) in [5, 5.41) is 19.9. The van der Waals surface area contributed by atoms with E-state index in [-0.39, 0.29) is 29.0 Å². The summed E-state index contributed by atoms with van der Waals surface area (Å²) in [5.74, 6) is -0.418. The first-order valence-corrected chi connectivity index (χ1v) is 12.2. The molecule has 1 aromatic carbocycles. The molecule has 1 atom stereocenters. The average molecular weight is 459 g/mol. The Labute approximate surface area is 186 Å². The topological polar surface area (TPSA) is 126 Å². The van der Waals surface area contributed by atoms with Crippen LogP contribution >= 0.6 is 0 Å². The molecule has 0 fully saturated rings. The second-order valence-electron chi connectivity index (χ2n) is 8.53. The molecule has 0 radical (unpaired) electrons. The molecule has 3 aromatic rings. The number of benzene rings is 1. The Balaban J connectivity index is 1.86. The van der Waals surface area contributed by atoms with Crippen LogP contribution in [0.2, 0.25) is 0 Å². The molecule has 0 amide bonds. The van der Waals surface area contributed by atoms with Gasteiger partial charge in [0, 0.05) is 42.1 Å². The van der Waals surface area contributed by atoms with Gasteiger partial charge in [-0.25, -0.2) is 23.2 Å². The quantitative estimate of drug-likeness (QED) is 0.597. The molecule has 1 aliphatic heterocycles. The summed E-state index contributed by atoms with van der Waals surface area (Å²) in [7, 11) is -3.49. The highest BCUT2D eigenvalue weighted by Gasteiger charge is 2.34. The molecule has 3 heterocycles. The van der Waals surface area contributed by atoms with Crippen LogP contribution in [0.15, 0.2) is 29.3 Å². The van der Waals surface area contributed by atoms with Gasteiger partial charge in [0.05, 0.1) is 28.8 Å². The van der Waals surface area contributed by atoms with Gasteiger partial charge in [-0.1, -0.05) is 13.8 Å². The number of sulfone groups is 1. The van der Waals surface area contributed by atoms with Crippen LogP contribution < -0.4 is 4.90 Å². The summed E-state index contributed by atoms with van der Waals surface area (Å²) in [6.45, 7) is 6.65. The zero-order valence-corrected chi connectivity index (χ0v) is 19.2. The van der Waals surface area contributed by atoms with E-state index in [1.54, 1.807) is 19.1 Å². The summed E-state index contributed by atoms with van der Waals surface area (Å²) in [4.78, 5) is 22.3. The summed E-state index contributed by atoms with van der Waals surface area (Å²) in [6.07, 6.45) is 2.49. The number of rotatable bonds is 5. The van der Waals surface area contributed by atoms with E-state index in [4.69, 9.17) is 0 Å². The average Bonchev–Trinajstić information content (AvgIpc) is 3.08. The predicted octanol–water partition coefficient (Wildman–Crippen LogP) is 2.55. The molecule has 0 spiro atoms. The number of anilines is 1. The zero-order chi connectivity index (χ0) is 23.4. The number of aliphatic hydroxyl groups excluding tert-OH is 1. The second kappa shape index (κ2) is 7.86. The lowest BCUT2D eigenvalue weighted by Crippen LogP contribution is -2.41. The molecule has 4 rings (SSSR count). The maximum atomic E-state index is 12.3. The molecule has 2 N–H and O–H groups in total. The van der Waals surface area contributed by atoms with Crippen molar-refractivity contribution in [1.82, 2.24) is 14.5 Å². The first-order chi connectivity index (χ1) is 15.0. The second-order valence-corrected chi connectivity index (χ2v) is 10.5. The van der Waals surface area contributed by atoms with E-state index in [0.29, 0.717) is 30.3 Å².